The molecule has 0 aliphatic rings. The minimum Gasteiger partial charge on any atom is -0.301 e. The summed E-state index contributed by atoms with van der Waals surface area (Å²) in [5, 5.41) is 8.90. The van der Waals surface area contributed by atoms with Crippen molar-refractivity contribution in [3.63, 3.8) is 0 Å². The zero-order chi connectivity index (χ0) is 13.1. The van der Waals surface area contributed by atoms with Crippen LogP contribution in [0.15, 0.2) is 18.2 Å². The predicted molar refractivity (Wildman–Crippen MR) is 62.1 cm³/mol. The number of rotatable bonds is 4. The standard InChI is InChI=1S/C13H16F2N2/c1-13(2,8-16)9-17(3)7-10-4-5-11(14)12(15)6-10/h4-6H,7,9H2,1-3H3. The maximum Gasteiger partial charge on any atom is 0.159 e. The molecule has 4 heteroatoms. The van der Waals surface area contributed by atoms with Gasteiger partial charge in [0.25, 0.3) is 0 Å². The lowest BCUT2D eigenvalue weighted by molar-refractivity contribution is 0.248. The largest absolute Gasteiger partial charge is 0.301 e. The Hall–Kier alpha value is -1.47. The summed E-state index contributed by atoms with van der Waals surface area (Å²) in [6.07, 6.45) is 0. The van der Waals surface area contributed by atoms with E-state index in [-0.39, 0.29) is 0 Å². The Morgan fingerprint density at radius 1 is 1.29 bits per heavy atom. The van der Waals surface area contributed by atoms with Gasteiger partial charge < -0.3 is 4.90 Å². The Kier molecular flexibility index (Phi) is 4.19. The minimum atomic E-state index is -0.839. The van der Waals surface area contributed by atoms with E-state index in [4.69, 9.17) is 5.26 Å². The molecule has 1 aromatic rings. The predicted octanol–water partition coefficient (Wildman–Crippen LogP) is 2.95. The monoisotopic (exact) mass is 238 g/mol. The molecule has 0 aliphatic carbocycles. The first-order valence-corrected chi connectivity index (χ1v) is 5.38. The third-order valence-corrected chi connectivity index (χ3v) is 2.40. The van der Waals surface area contributed by atoms with Gasteiger partial charge >= 0.3 is 0 Å². The summed E-state index contributed by atoms with van der Waals surface area (Å²) < 4.78 is 25.7. The van der Waals surface area contributed by atoms with Crippen molar-refractivity contribution in [3.05, 3.63) is 35.4 Å². The molecule has 0 unspecified atom stereocenters. The van der Waals surface area contributed by atoms with Crippen LogP contribution in [0, 0.1) is 28.4 Å². The average molecular weight is 238 g/mol. The second-order valence-corrected chi connectivity index (χ2v) is 4.92. The van der Waals surface area contributed by atoms with Gasteiger partial charge in [0.05, 0.1) is 11.5 Å². The molecule has 0 aliphatic heterocycles. The highest BCUT2D eigenvalue weighted by atomic mass is 19.2. The van der Waals surface area contributed by atoms with Gasteiger partial charge in [-0.15, -0.1) is 0 Å². The number of benzene rings is 1. The van der Waals surface area contributed by atoms with Crippen LogP contribution >= 0.6 is 0 Å². The number of hydrogen-bond acceptors (Lipinski definition) is 2. The lowest BCUT2D eigenvalue weighted by Crippen LogP contribution is -2.30. The maximum absolute atomic E-state index is 13.0. The van der Waals surface area contributed by atoms with E-state index < -0.39 is 17.0 Å². The molecule has 1 rings (SSSR count). The summed E-state index contributed by atoms with van der Waals surface area (Å²) in [6.45, 7) is 4.74. The summed E-state index contributed by atoms with van der Waals surface area (Å²) in [4.78, 5) is 1.91. The topological polar surface area (TPSA) is 27.0 Å². The highest BCUT2D eigenvalue weighted by molar-refractivity contribution is 5.17. The van der Waals surface area contributed by atoms with Gasteiger partial charge in [-0.25, -0.2) is 8.78 Å². The highest BCUT2D eigenvalue weighted by Crippen LogP contribution is 2.16. The fraction of sp³-hybridized carbons (Fsp3) is 0.462. The Morgan fingerprint density at radius 3 is 2.47 bits per heavy atom. The van der Waals surface area contributed by atoms with Crippen LogP contribution in [0.25, 0.3) is 0 Å². The van der Waals surface area contributed by atoms with E-state index in [2.05, 4.69) is 6.07 Å². The van der Waals surface area contributed by atoms with E-state index in [0.717, 1.165) is 6.07 Å². The molecule has 0 bridgehead atoms. The van der Waals surface area contributed by atoms with Crippen molar-refractivity contribution >= 4 is 0 Å². The Bertz CT molecular complexity index is 436. The van der Waals surface area contributed by atoms with Gasteiger partial charge in [0.1, 0.15) is 0 Å². The van der Waals surface area contributed by atoms with Gasteiger partial charge in [0.15, 0.2) is 11.6 Å². The minimum absolute atomic E-state index is 0.451. The molecule has 1 aromatic carbocycles. The van der Waals surface area contributed by atoms with Gasteiger partial charge in [-0.3, -0.25) is 0 Å². The smallest absolute Gasteiger partial charge is 0.159 e. The number of nitrogens with zero attached hydrogens (tertiary/aromatic N) is 2. The molecule has 0 fully saturated rings. The van der Waals surface area contributed by atoms with Gasteiger partial charge in [0.2, 0.25) is 0 Å². The van der Waals surface area contributed by atoms with E-state index in [0.29, 0.717) is 18.7 Å². The van der Waals surface area contributed by atoms with Gasteiger partial charge in [-0.2, -0.15) is 5.26 Å². The normalized spacial score (nSPS) is 11.6. The van der Waals surface area contributed by atoms with E-state index in [1.54, 1.807) is 6.07 Å². The molecule has 0 aromatic heterocycles. The van der Waals surface area contributed by atoms with E-state index in [1.165, 1.54) is 6.07 Å². The zero-order valence-corrected chi connectivity index (χ0v) is 10.3. The number of hydrogen-bond donors (Lipinski definition) is 0. The van der Waals surface area contributed by atoms with Gasteiger partial charge in [-0.05, 0) is 38.6 Å². The Balaban J connectivity index is 2.66. The number of halogens is 2. The summed E-state index contributed by atoms with van der Waals surface area (Å²) in [7, 11) is 1.85. The van der Waals surface area contributed by atoms with Crippen molar-refractivity contribution in [3.8, 4) is 6.07 Å². The van der Waals surface area contributed by atoms with Crippen LogP contribution in [0.4, 0.5) is 8.78 Å². The van der Waals surface area contributed by atoms with Crippen LogP contribution in [-0.2, 0) is 6.54 Å². The van der Waals surface area contributed by atoms with E-state index in [1.807, 2.05) is 25.8 Å². The molecule has 17 heavy (non-hydrogen) atoms. The molecule has 0 atom stereocenters. The summed E-state index contributed by atoms with van der Waals surface area (Å²) >= 11 is 0. The van der Waals surface area contributed by atoms with E-state index >= 15 is 0 Å². The lowest BCUT2D eigenvalue weighted by atomic mass is 9.95. The fourth-order valence-electron chi connectivity index (χ4n) is 1.72. The zero-order valence-electron chi connectivity index (χ0n) is 10.3. The second kappa shape index (κ2) is 5.24. The lowest BCUT2D eigenvalue weighted by Gasteiger charge is -2.24. The maximum atomic E-state index is 13.0. The molecule has 0 spiro atoms. The Morgan fingerprint density at radius 2 is 1.94 bits per heavy atom. The van der Waals surface area contributed by atoms with Crippen LogP contribution in [0.5, 0.6) is 0 Å². The van der Waals surface area contributed by atoms with Crippen molar-refractivity contribution in [2.24, 2.45) is 5.41 Å². The quantitative estimate of drug-likeness (QED) is 0.806. The second-order valence-electron chi connectivity index (χ2n) is 4.92. The molecule has 2 nitrogen and oxygen atoms in total. The third kappa shape index (κ3) is 4.12. The molecular weight excluding hydrogens is 222 g/mol. The molecule has 92 valence electrons. The molecular formula is C13H16F2N2. The van der Waals surface area contributed by atoms with Crippen LogP contribution in [-0.4, -0.2) is 18.5 Å². The van der Waals surface area contributed by atoms with Crippen molar-refractivity contribution in [1.82, 2.24) is 4.90 Å². The fourth-order valence-corrected chi connectivity index (χ4v) is 1.72. The molecule has 0 saturated carbocycles. The first-order valence-electron chi connectivity index (χ1n) is 5.38. The Labute approximate surface area is 100 Å². The van der Waals surface area contributed by atoms with Crippen molar-refractivity contribution in [2.45, 2.75) is 20.4 Å². The van der Waals surface area contributed by atoms with Crippen molar-refractivity contribution < 1.29 is 8.78 Å². The first kappa shape index (κ1) is 13.6. The van der Waals surface area contributed by atoms with Crippen LogP contribution in [0.3, 0.4) is 0 Å². The molecule has 0 saturated heterocycles. The summed E-state index contributed by atoms with van der Waals surface area (Å²) in [5.74, 6) is -1.68. The molecule has 0 radical (unpaired) electrons. The SMILES string of the molecule is CN(Cc1ccc(F)c(F)c1)CC(C)(C)C#N. The number of nitriles is 1. The summed E-state index contributed by atoms with van der Waals surface area (Å²) in [6, 6.07) is 6.06. The molecule has 0 N–H and O–H groups in total. The van der Waals surface area contributed by atoms with Crippen molar-refractivity contribution in [1.29, 1.82) is 5.26 Å². The van der Waals surface area contributed by atoms with Crippen LogP contribution < -0.4 is 0 Å². The first-order chi connectivity index (χ1) is 7.84. The molecule has 0 heterocycles. The van der Waals surface area contributed by atoms with Crippen LogP contribution in [0.2, 0.25) is 0 Å². The average Bonchev–Trinajstić information content (AvgIpc) is 2.23. The highest BCUT2D eigenvalue weighted by Gasteiger charge is 2.19. The van der Waals surface area contributed by atoms with E-state index in [9.17, 15) is 8.78 Å². The van der Waals surface area contributed by atoms with Crippen LogP contribution in [0.1, 0.15) is 19.4 Å². The summed E-state index contributed by atoms with van der Waals surface area (Å²) in [5.41, 5.74) is 0.244. The van der Waals surface area contributed by atoms with Gasteiger partial charge in [0, 0.05) is 13.1 Å². The van der Waals surface area contributed by atoms with Crippen molar-refractivity contribution in [2.75, 3.05) is 13.6 Å². The third-order valence-electron chi connectivity index (χ3n) is 2.40. The molecule has 0 amide bonds. The van der Waals surface area contributed by atoms with Gasteiger partial charge in [-0.1, -0.05) is 6.07 Å².